The van der Waals surface area contributed by atoms with E-state index in [9.17, 15) is 9.90 Å². The molecule has 0 spiro atoms. The van der Waals surface area contributed by atoms with Crippen molar-refractivity contribution in [2.45, 2.75) is 12.6 Å². The molecular formula is C20H14BrI2NO2SeSi. The van der Waals surface area contributed by atoms with Crippen molar-refractivity contribution in [2.75, 3.05) is 0 Å². The molecule has 1 aliphatic heterocycles. The molecule has 0 amide bonds. The Morgan fingerprint density at radius 3 is 2.71 bits per heavy atom. The van der Waals surface area contributed by atoms with Crippen LogP contribution in [0, 0.1) is 7.14 Å². The molecule has 2 aromatic rings. The number of fused-ring (bicyclic) bond motifs is 2. The van der Waals surface area contributed by atoms with Crippen LogP contribution in [-0.4, -0.2) is 39.2 Å². The third-order valence-electron chi connectivity index (χ3n) is 5.05. The minimum atomic E-state index is -2.36. The Labute approximate surface area is 205 Å². The maximum absolute atomic E-state index is 12.2. The Morgan fingerprint density at radius 1 is 1.32 bits per heavy atom. The first-order valence-corrected chi connectivity index (χ1v) is 15.8. The van der Waals surface area contributed by atoms with E-state index in [2.05, 4.69) is 74.2 Å². The molecule has 28 heavy (non-hydrogen) atoms. The Balaban J connectivity index is 2.12. The first-order chi connectivity index (χ1) is 13.3. The van der Waals surface area contributed by atoms with Gasteiger partial charge in [0.2, 0.25) is 0 Å². The molecule has 1 N–H and O–H groups in total. The molecule has 4 rings (SSSR count). The zero-order valence-electron chi connectivity index (χ0n) is 14.7. The van der Waals surface area contributed by atoms with Crippen LogP contribution in [0.25, 0.3) is 10.0 Å². The van der Waals surface area contributed by atoms with Gasteiger partial charge in [-0.2, -0.15) is 0 Å². The quantitative estimate of drug-likeness (QED) is 0.203. The van der Waals surface area contributed by atoms with Gasteiger partial charge in [0.1, 0.15) is 0 Å². The van der Waals surface area contributed by atoms with Crippen LogP contribution >= 0.6 is 61.1 Å². The van der Waals surface area contributed by atoms with E-state index in [4.69, 9.17) is 4.99 Å². The summed E-state index contributed by atoms with van der Waals surface area (Å²) in [6.45, 7) is 6.25. The molecule has 3 nitrogen and oxygen atoms in total. The van der Waals surface area contributed by atoms with E-state index in [1.54, 1.807) is 18.2 Å². The van der Waals surface area contributed by atoms with E-state index in [0.717, 1.165) is 33.4 Å². The zero-order chi connectivity index (χ0) is 20.2. The van der Waals surface area contributed by atoms with Gasteiger partial charge in [-0.25, -0.2) is 0 Å². The fourth-order valence-corrected chi connectivity index (χ4v) is 14.0. The molecule has 1 aliphatic carbocycles. The molecule has 142 valence electrons. The average Bonchev–Trinajstić information content (AvgIpc) is 2.91. The Bertz CT molecular complexity index is 1150. The first-order valence-electron chi connectivity index (χ1n) is 8.42. The molecule has 0 saturated heterocycles. The number of halogens is 3. The number of hydrogen-bond donors (Lipinski definition) is 1. The molecule has 8 heteroatoms. The molecule has 0 radical (unpaired) electrons. The van der Waals surface area contributed by atoms with Crippen molar-refractivity contribution in [3.8, 4) is 15.8 Å². The summed E-state index contributed by atoms with van der Waals surface area (Å²) in [5, 5.41) is 13.1. The van der Waals surface area contributed by atoms with E-state index >= 15 is 0 Å². The molecule has 1 aromatic carbocycles. The van der Waals surface area contributed by atoms with E-state index in [-0.39, 0.29) is 26.0 Å². The molecule has 1 aromatic heterocycles. The van der Waals surface area contributed by atoms with Crippen molar-refractivity contribution in [1.29, 1.82) is 0 Å². The topological polar surface area (TPSA) is 49.7 Å². The second kappa shape index (κ2) is 7.77. The SMILES string of the molecule is C=CC[Si]1(C)C2=CC(=O)C=CC2=Nc2ccc(O)c(-c3[se]c(Br)c(I)c3I)c21. The number of rotatable bonds is 3. The van der Waals surface area contributed by atoms with Crippen LogP contribution in [0.4, 0.5) is 5.69 Å². The first kappa shape index (κ1) is 21.0. The third-order valence-corrected chi connectivity index (χ3v) is 18.3. The predicted molar refractivity (Wildman–Crippen MR) is 139 cm³/mol. The summed E-state index contributed by atoms with van der Waals surface area (Å²) in [6.07, 6.45) is 7.08. The van der Waals surface area contributed by atoms with Gasteiger partial charge in [0.25, 0.3) is 0 Å². The summed E-state index contributed by atoms with van der Waals surface area (Å²) < 4.78 is 4.75. The molecule has 2 heterocycles. The van der Waals surface area contributed by atoms with Gasteiger partial charge in [0.15, 0.2) is 0 Å². The minimum absolute atomic E-state index is 0.000249. The number of benzene rings is 1. The van der Waals surface area contributed by atoms with Crippen LogP contribution < -0.4 is 5.19 Å². The number of ketones is 1. The van der Waals surface area contributed by atoms with Crippen LogP contribution in [0.15, 0.2) is 56.6 Å². The zero-order valence-corrected chi connectivity index (χ0v) is 23.3. The Kier molecular flexibility index (Phi) is 5.82. The van der Waals surface area contributed by atoms with Gasteiger partial charge in [-0.3, -0.25) is 0 Å². The van der Waals surface area contributed by atoms with Gasteiger partial charge in [0, 0.05) is 0 Å². The normalized spacial score (nSPS) is 20.4. The van der Waals surface area contributed by atoms with Crippen molar-refractivity contribution < 1.29 is 9.90 Å². The van der Waals surface area contributed by atoms with E-state index in [0.29, 0.717) is 0 Å². The second-order valence-corrected chi connectivity index (χ2v) is 17.2. The number of aliphatic imine (C=N–C) groups is 1. The number of hydrogen-bond acceptors (Lipinski definition) is 3. The summed E-state index contributed by atoms with van der Waals surface area (Å²) in [4.78, 5) is 17.0. The fourth-order valence-electron chi connectivity index (χ4n) is 3.81. The van der Waals surface area contributed by atoms with Crippen LogP contribution in [0.1, 0.15) is 0 Å². The van der Waals surface area contributed by atoms with Gasteiger partial charge in [0.05, 0.1) is 0 Å². The molecule has 1 atom stereocenters. The Hall–Kier alpha value is -0.264. The standard InChI is InChI=1S/C20H14BrI2NO2SeSi/c1-3-8-28(2)14-9-10(25)4-5-11(14)24-12-6-7-13(26)15(19(12)28)18-16(22)17(23)20(21)27-18/h3-7,9,26H,1,8H2,2H3. The van der Waals surface area contributed by atoms with Crippen molar-refractivity contribution in [3.63, 3.8) is 0 Å². The summed E-state index contributed by atoms with van der Waals surface area (Å²) in [7, 11) is -2.36. The number of phenols is 1. The molecule has 0 fully saturated rings. The molecular weight excluding hydrogens is 727 g/mol. The van der Waals surface area contributed by atoms with E-state index in [1.165, 1.54) is 14.9 Å². The van der Waals surface area contributed by atoms with Crippen molar-refractivity contribution in [2.24, 2.45) is 4.99 Å². The van der Waals surface area contributed by atoms with E-state index < -0.39 is 8.07 Å². The number of allylic oxidation sites excluding steroid dienone is 5. The van der Waals surface area contributed by atoms with Crippen LogP contribution in [0.5, 0.6) is 5.75 Å². The Morgan fingerprint density at radius 2 is 2.07 bits per heavy atom. The van der Waals surface area contributed by atoms with Gasteiger partial charge in [-0.1, -0.05) is 0 Å². The fraction of sp³-hybridized carbons (Fsp3) is 0.100. The van der Waals surface area contributed by atoms with E-state index in [1.807, 2.05) is 18.2 Å². The monoisotopic (exact) mass is 741 g/mol. The summed E-state index contributed by atoms with van der Waals surface area (Å²) >= 11 is 8.51. The van der Waals surface area contributed by atoms with Gasteiger partial charge >= 0.3 is 208 Å². The maximum atomic E-state index is 12.2. The molecule has 2 aliphatic rings. The predicted octanol–water partition coefficient (Wildman–Crippen LogP) is 5.25. The number of aromatic hydroxyl groups is 1. The van der Waals surface area contributed by atoms with Gasteiger partial charge < -0.3 is 0 Å². The molecule has 0 bridgehead atoms. The van der Waals surface area contributed by atoms with Crippen LogP contribution in [0.2, 0.25) is 12.6 Å². The molecule has 0 saturated carbocycles. The average molecular weight is 741 g/mol. The van der Waals surface area contributed by atoms with Crippen molar-refractivity contribution in [1.82, 2.24) is 0 Å². The summed E-state index contributed by atoms with van der Waals surface area (Å²) in [5.74, 6) is 0.288. The number of carbonyl (C=O) groups is 1. The van der Waals surface area contributed by atoms with Crippen LogP contribution in [-0.2, 0) is 4.79 Å². The number of nitrogens with zero attached hydrogens (tertiary/aromatic N) is 1. The molecule has 1 unspecified atom stereocenters. The van der Waals surface area contributed by atoms with Crippen molar-refractivity contribution in [3.05, 3.63) is 58.7 Å². The summed E-state index contributed by atoms with van der Waals surface area (Å²) in [5.41, 5.74) is 2.68. The third kappa shape index (κ3) is 3.24. The number of phenolic OH excluding ortho intramolecular Hbond substituents is 1. The van der Waals surface area contributed by atoms with Gasteiger partial charge in [-0.15, -0.1) is 0 Å². The summed E-state index contributed by atoms with van der Waals surface area (Å²) in [6, 6.07) is 4.43. The number of carbonyl (C=O) groups excluding carboxylic acids is 1. The van der Waals surface area contributed by atoms with Crippen molar-refractivity contribution >= 4 is 106 Å². The van der Waals surface area contributed by atoms with Gasteiger partial charge in [-0.05, 0) is 0 Å². The second-order valence-electron chi connectivity index (χ2n) is 6.80. The van der Waals surface area contributed by atoms with Crippen LogP contribution in [0.3, 0.4) is 0 Å².